The molecule has 0 saturated heterocycles. The molecule has 0 bridgehead atoms. The molecule has 0 aromatic heterocycles. The lowest BCUT2D eigenvalue weighted by Gasteiger charge is -2.16. The van der Waals surface area contributed by atoms with Crippen LogP contribution in [0.5, 0.6) is 5.75 Å². The molecule has 0 fully saturated rings. The predicted octanol–water partition coefficient (Wildman–Crippen LogP) is 4.38. The average molecular weight is 352 g/mol. The van der Waals surface area contributed by atoms with Gasteiger partial charge in [0, 0.05) is 11.4 Å². The minimum absolute atomic E-state index is 0.111. The Morgan fingerprint density at radius 3 is 2.16 bits per heavy atom. The normalized spacial score (nSPS) is 12.4. The van der Waals surface area contributed by atoms with Crippen LogP contribution in [0.2, 0.25) is 0 Å². The number of benzene rings is 2. The first-order valence-electron chi connectivity index (χ1n) is 7.66. The molecule has 0 heterocycles. The topological polar surface area (TPSA) is 50.4 Å². The van der Waals surface area contributed by atoms with Crippen LogP contribution in [0.4, 0.5) is 24.5 Å². The van der Waals surface area contributed by atoms with Crippen LogP contribution in [-0.4, -0.2) is 24.7 Å². The molecule has 0 saturated carbocycles. The zero-order valence-electron chi connectivity index (χ0n) is 13.9. The van der Waals surface area contributed by atoms with E-state index in [-0.39, 0.29) is 11.7 Å². The van der Waals surface area contributed by atoms with E-state index in [1.54, 1.807) is 19.1 Å². The van der Waals surface area contributed by atoms with E-state index in [9.17, 15) is 18.0 Å². The third kappa shape index (κ3) is 6.37. The number of carbonyl (C=O) groups excluding carboxylic acids is 1. The van der Waals surface area contributed by atoms with Gasteiger partial charge in [-0.05, 0) is 50.2 Å². The molecule has 2 aromatic carbocycles. The van der Waals surface area contributed by atoms with Crippen LogP contribution in [0.25, 0.3) is 0 Å². The molecule has 0 aliphatic rings. The first kappa shape index (κ1) is 18.6. The molecule has 2 N–H and O–H groups in total. The van der Waals surface area contributed by atoms with Crippen molar-refractivity contribution >= 4 is 17.3 Å². The molecule has 0 aliphatic carbocycles. The summed E-state index contributed by atoms with van der Waals surface area (Å²) in [7, 11) is 0. The molecular formula is C18H19F3N2O2. The molecule has 25 heavy (non-hydrogen) atoms. The Bertz CT molecular complexity index is 698. The highest BCUT2D eigenvalue weighted by atomic mass is 19.4. The Morgan fingerprint density at radius 1 is 1.04 bits per heavy atom. The van der Waals surface area contributed by atoms with E-state index in [1.165, 1.54) is 12.1 Å². The van der Waals surface area contributed by atoms with Crippen LogP contribution in [0.1, 0.15) is 12.5 Å². The van der Waals surface area contributed by atoms with Crippen molar-refractivity contribution < 1.29 is 22.7 Å². The molecule has 2 rings (SSSR count). The number of aryl methyl sites for hydroxylation is 1. The Hall–Kier alpha value is -2.70. The van der Waals surface area contributed by atoms with Crippen molar-refractivity contribution in [2.75, 3.05) is 17.2 Å². The lowest BCUT2D eigenvalue weighted by Crippen LogP contribution is -2.31. The number of hydrogen-bond acceptors (Lipinski definition) is 3. The van der Waals surface area contributed by atoms with Gasteiger partial charge >= 0.3 is 6.18 Å². The number of hydrogen-bond donors (Lipinski definition) is 2. The minimum atomic E-state index is -4.38. The van der Waals surface area contributed by atoms with Crippen molar-refractivity contribution in [3.63, 3.8) is 0 Å². The number of alkyl halides is 3. The summed E-state index contributed by atoms with van der Waals surface area (Å²) >= 11 is 0. The van der Waals surface area contributed by atoms with Gasteiger partial charge < -0.3 is 15.4 Å². The second-order valence-electron chi connectivity index (χ2n) is 5.65. The van der Waals surface area contributed by atoms with Crippen molar-refractivity contribution in [2.24, 2.45) is 0 Å². The summed E-state index contributed by atoms with van der Waals surface area (Å²) in [6, 6.07) is 12.8. The van der Waals surface area contributed by atoms with E-state index in [0.717, 1.165) is 5.56 Å². The van der Waals surface area contributed by atoms with Crippen LogP contribution in [0, 0.1) is 6.92 Å². The van der Waals surface area contributed by atoms with Gasteiger partial charge in [-0.2, -0.15) is 13.2 Å². The third-order valence-electron chi connectivity index (χ3n) is 3.35. The lowest BCUT2D eigenvalue weighted by atomic mass is 10.2. The van der Waals surface area contributed by atoms with Crippen molar-refractivity contribution in [2.45, 2.75) is 26.1 Å². The summed E-state index contributed by atoms with van der Waals surface area (Å²) in [5, 5.41) is 5.77. The first-order valence-corrected chi connectivity index (χ1v) is 7.66. The number of rotatable bonds is 6. The van der Waals surface area contributed by atoms with Crippen molar-refractivity contribution in [1.82, 2.24) is 0 Å². The van der Waals surface area contributed by atoms with Gasteiger partial charge in [-0.3, -0.25) is 4.79 Å². The lowest BCUT2D eigenvalue weighted by molar-refractivity contribution is -0.153. The Kier molecular flexibility index (Phi) is 5.90. The van der Waals surface area contributed by atoms with E-state index < -0.39 is 18.8 Å². The molecule has 0 unspecified atom stereocenters. The molecule has 0 aliphatic heterocycles. The van der Waals surface area contributed by atoms with E-state index in [4.69, 9.17) is 0 Å². The van der Waals surface area contributed by atoms with Gasteiger partial charge in [-0.1, -0.05) is 17.7 Å². The molecule has 0 spiro atoms. The molecule has 0 radical (unpaired) electrons. The van der Waals surface area contributed by atoms with E-state index >= 15 is 0 Å². The number of carbonyl (C=O) groups is 1. The SMILES string of the molecule is Cc1ccc(NC(=O)[C@@H](C)Nc2ccc(OCC(F)(F)F)cc2)cc1. The van der Waals surface area contributed by atoms with Gasteiger partial charge in [0.2, 0.25) is 5.91 Å². The summed E-state index contributed by atoms with van der Waals surface area (Å²) < 4.78 is 40.9. The minimum Gasteiger partial charge on any atom is -0.484 e. The molecule has 134 valence electrons. The summed E-state index contributed by atoms with van der Waals surface area (Å²) in [5.41, 5.74) is 2.39. The number of nitrogens with one attached hydrogen (secondary N) is 2. The van der Waals surface area contributed by atoms with Gasteiger partial charge in [-0.25, -0.2) is 0 Å². The second kappa shape index (κ2) is 7.92. The van der Waals surface area contributed by atoms with Gasteiger partial charge in [0.1, 0.15) is 11.8 Å². The van der Waals surface area contributed by atoms with Crippen LogP contribution in [0.15, 0.2) is 48.5 Å². The maximum Gasteiger partial charge on any atom is 0.422 e. The molecule has 1 atom stereocenters. The monoisotopic (exact) mass is 352 g/mol. The van der Waals surface area contributed by atoms with E-state index in [2.05, 4.69) is 15.4 Å². The Balaban J connectivity index is 1.87. The van der Waals surface area contributed by atoms with E-state index in [0.29, 0.717) is 11.4 Å². The third-order valence-corrected chi connectivity index (χ3v) is 3.35. The average Bonchev–Trinajstić information content (AvgIpc) is 2.55. The van der Waals surface area contributed by atoms with Crippen LogP contribution in [-0.2, 0) is 4.79 Å². The highest BCUT2D eigenvalue weighted by Gasteiger charge is 2.28. The fraction of sp³-hybridized carbons (Fsp3) is 0.278. The highest BCUT2D eigenvalue weighted by molar-refractivity contribution is 5.96. The molecule has 2 aromatic rings. The smallest absolute Gasteiger partial charge is 0.422 e. The van der Waals surface area contributed by atoms with Crippen molar-refractivity contribution in [3.8, 4) is 5.75 Å². The van der Waals surface area contributed by atoms with Crippen LogP contribution in [0.3, 0.4) is 0 Å². The Morgan fingerprint density at radius 2 is 1.60 bits per heavy atom. The second-order valence-corrected chi connectivity index (χ2v) is 5.65. The van der Waals surface area contributed by atoms with Crippen molar-refractivity contribution in [1.29, 1.82) is 0 Å². The van der Waals surface area contributed by atoms with Crippen LogP contribution < -0.4 is 15.4 Å². The number of ether oxygens (including phenoxy) is 1. The summed E-state index contributed by atoms with van der Waals surface area (Å²) in [6.45, 7) is 2.31. The number of amides is 1. The standard InChI is InChI=1S/C18H19F3N2O2/c1-12-3-5-15(6-4-12)23-17(24)13(2)22-14-7-9-16(10-8-14)25-11-18(19,20)21/h3-10,13,22H,11H2,1-2H3,(H,23,24)/t13-/m1/s1. The van der Waals surface area contributed by atoms with Crippen molar-refractivity contribution in [3.05, 3.63) is 54.1 Å². The van der Waals surface area contributed by atoms with Gasteiger partial charge in [0.05, 0.1) is 0 Å². The predicted molar refractivity (Wildman–Crippen MR) is 90.9 cm³/mol. The van der Waals surface area contributed by atoms with Crippen LogP contribution >= 0.6 is 0 Å². The molecule has 1 amide bonds. The fourth-order valence-electron chi connectivity index (χ4n) is 2.02. The number of halogens is 3. The zero-order valence-corrected chi connectivity index (χ0v) is 13.9. The van der Waals surface area contributed by atoms with Gasteiger partial charge in [0.15, 0.2) is 6.61 Å². The molecule has 4 nitrogen and oxygen atoms in total. The summed E-state index contributed by atoms with van der Waals surface area (Å²) in [5.74, 6) is -0.110. The maximum absolute atomic E-state index is 12.2. The van der Waals surface area contributed by atoms with E-state index in [1.807, 2.05) is 31.2 Å². The fourth-order valence-corrected chi connectivity index (χ4v) is 2.02. The maximum atomic E-state index is 12.2. The zero-order chi connectivity index (χ0) is 18.4. The first-order chi connectivity index (χ1) is 11.7. The molecule has 7 heteroatoms. The van der Waals surface area contributed by atoms with Gasteiger partial charge in [0.25, 0.3) is 0 Å². The summed E-state index contributed by atoms with van der Waals surface area (Å²) in [4.78, 5) is 12.2. The molecular weight excluding hydrogens is 333 g/mol. The quantitative estimate of drug-likeness (QED) is 0.811. The highest BCUT2D eigenvalue weighted by Crippen LogP contribution is 2.20. The van der Waals surface area contributed by atoms with Gasteiger partial charge in [-0.15, -0.1) is 0 Å². The largest absolute Gasteiger partial charge is 0.484 e. The Labute approximate surface area is 144 Å². The number of anilines is 2. The summed E-state index contributed by atoms with van der Waals surface area (Å²) in [6.07, 6.45) is -4.38.